The minimum absolute atomic E-state index is 0.449. The molecule has 1 fully saturated rings. The molecule has 0 spiro atoms. The summed E-state index contributed by atoms with van der Waals surface area (Å²) in [6.07, 6.45) is 3.08. The highest BCUT2D eigenvalue weighted by Gasteiger charge is 2.44. The van der Waals surface area contributed by atoms with Crippen molar-refractivity contribution in [1.29, 1.82) is 0 Å². The Hall–Kier alpha value is -1.02. The summed E-state index contributed by atoms with van der Waals surface area (Å²) >= 11 is 0. The fourth-order valence-electron chi connectivity index (χ4n) is 2.51. The van der Waals surface area contributed by atoms with E-state index in [4.69, 9.17) is 4.74 Å². The van der Waals surface area contributed by atoms with Crippen LogP contribution in [0.15, 0.2) is 18.2 Å². The van der Waals surface area contributed by atoms with E-state index in [2.05, 4.69) is 6.92 Å². The van der Waals surface area contributed by atoms with Crippen molar-refractivity contribution in [3.8, 4) is 5.75 Å². The standard InChI is InChI=1S/C14H20O2/c1-4-14(15,11-5-6-11)13-8-7-12(16-3)9-10(13)2/h7-9,11,15H,4-6H2,1-3H3. The monoisotopic (exact) mass is 220 g/mol. The van der Waals surface area contributed by atoms with Crippen molar-refractivity contribution in [3.05, 3.63) is 29.3 Å². The number of rotatable bonds is 4. The third kappa shape index (κ3) is 1.82. The fourth-order valence-corrected chi connectivity index (χ4v) is 2.51. The van der Waals surface area contributed by atoms with Crippen LogP contribution < -0.4 is 4.74 Å². The smallest absolute Gasteiger partial charge is 0.119 e. The van der Waals surface area contributed by atoms with Crippen LogP contribution >= 0.6 is 0 Å². The van der Waals surface area contributed by atoms with Gasteiger partial charge in [0.1, 0.15) is 5.75 Å². The minimum Gasteiger partial charge on any atom is -0.497 e. The van der Waals surface area contributed by atoms with Crippen LogP contribution in [-0.4, -0.2) is 12.2 Å². The lowest BCUT2D eigenvalue weighted by molar-refractivity contribution is 0.00828. The molecule has 0 aromatic heterocycles. The number of methoxy groups -OCH3 is 1. The largest absolute Gasteiger partial charge is 0.497 e. The lowest BCUT2D eigenvalue weighted by Crippen LogP contribution is -2.28. The highest BCUT2D eigenvalue weighted by Crippen LogP contribution is 2.48. The molecule has 0 bridgehead atoms. The molecular formula is C14H20O2. The van der Waals surface area contributed by atoms with Gasteiger partial charge in [0.25, 0.3) is 0 Å². The van der Waals surface area contributed by atoms with Crippen LogP contribution in [0, 0.1) is 12.8 Å². The summed E-state index contributed by atoms with van der Waals surface area (Å²) in [4.78, 5) is 0. The van der Waals surface area contributed by atoms with Crippen molar-refractivity contribution in [2.75, 3.05) is 7.11 Å². The van der Waals surface area contributed by atoms with Crippen LogP contribution in [0.5, 0.6) is 5.75 Å². The Kier molecular flexibility index (Phi) is 2.94. The third-order valence-corrected chi connectivity index (χ3v) is 3.69. The molecule has 1 aromatic carbocycles. The molecule has 1 atom stereocenters. The Labute approximate surface area is 97.3 Å². The van der Waals surface area contributed by atoms with Crippen LogP contribution in [0.3, 0.4) is 0 Å². The molecule has 2 nitrogen and oxygen atoms in total. The number of ether oxygens (including phenoxy) is 1. The van der Waals surface area contributed by atoms with Crippen molar-refractivity contribution in [2.45, 2.75) is 38.7 Å². The van der Waals surface area contributed by atoms with E-state index in [1.807, 2.05) is 25.1 Å². The molecular weight excluding hydrogens is 200 g/mol. The quantitative estimate of drug-likeness (QED) is 0.845. The van der Waals surface area contributed by atoms with Gasteiger partial charge in [-0.3, -0.25) is 0 Å². The Morgan fingerprint density at radius 2 is 2.12 bits per heavy atom. The molecule has 1 aromatic rings. The van der Waals surface area contributed by atoms with Crippen molar-refractivity contribution in [2.24, 2.45) is 5.92 Å². The number of aryl methyl sites for hydroxylation is 1. The van der Waals surface area contributed by atoms with Gasteiger partial charge in [0.2, 0.25) is 0 Å². The topological polar surface area (TPSA) is 29.5 Å². The first kappa shape index (κ1) is 11.5. The molecule has 16 heavy (non-hydrogen) atoms. The first-order chi connectivity index (χ1) is 7.61. The van der Waals surface area contributed by atoms with E-state index in [9.17, 15) is 5.11 Å². The van der Waals surface area contributed by atoms with Gasteiger partial charge in [-0.25, -0.2) is 0 Å². The van der Waals surface area contributed by atoms with Gasteiger partial charge in [0, 0.05) is 0 Å². The van der Waals surface area contributed by atoms with Crippen molar-refractivity contribution < 1.29 is 9.84 Å². The van der Waals surface area contributed by atoms with Crippen LogP contribution in [0.4, 0.5) is 0 Å². The third-order valence-electron chi connectivity index (χ3n) is 3.69. The molecule has 0 aliphatic heterocycles. The van der Waals surface area contributed by atoms with Gasteiger partial charge in [-0.05, 0) is 55.4 Å². The van der Waals surface area contributed by atoms with Crippen LogP contribution in [0.2, 0.25) is 0 Å². The second-order valence-electron chi connectivity index (χ2n) is 4.73. The number of aliphatic hydroxyl groups is 1. The zero-order valence-corrected chi connectivity index (χ0v) is 10.3. The first-order valence-corrected chi connectivity index (χ1v) is 5.99. The second kappa shape index (κ2) is 4.10. The predicted octanol–water partition coefficient (Wildman–Crippen LogP) is 3.01. The second-order valence-corrected chi connectivity index (χ2v) is 4.73. The molecule has 2 rings (SSSR count). The summed E-state index contributed by atoms with van der Waals surface area (Å²) in [5.41, 5.74) is 1.56. The zero-order chi connectivity index (χ0) is 11.8. The van der Waals surface area contributed by atoms with Gasteiger partial charge >= 0.3 is 0 Å². The van der Waals surface area contributed by atoms with Gasteiger partial charge in [0.15, 0.2) is 0 Å². The van der Waals surface area contributed by atoms with Crippen LogP contribution in [-0.2, 0) is 5.60 Å². The lowest BCUT2D eigenvalue weighted by atomic mass is 9.84. The Bertz CT molecular complexity index is 382. The number of benzene rings is 1. The van der Waals surface area contributed by atoms with E-state index in [1.165, 1.54) is 0 Å². The van der Waals surface area contributed by atoms with E-state index in [0.29, 0.717) is 5.92 Å². The molecule has 1 aliphatic rings. The summed E-state index contributed by atoms with van der Waals surface area (Å²) in [5, 5.41) is 10.7. The van der Waals surface area contributed by atoms with E-state index in [0.717, 1.165) is 36.1 Å². The molecule has 2 heteroatoms. The molecule has 1 N–H and O–H groups in total. The first-order valence-electron chi connectivity index (χ1n) is 5.99. The van der Waals surface area contributed by atoms with Crippen molar-refractivity contribution >= 4 is 0 Å². The molecule has 0 heterocycles. The molecule has 1 aliphatic carbocycles. The average molecular weight is 220 g/mol. The van der Waals surface area contributed by atoms with E-state index < -0.39 is 5.60 Å². The van der Waals surface area contributed by atoms with Gasteiger partial charge in [-0.15, -0.1) is 0 Å². The summed E-state index contributed by atoms with van der Waals surface area (Å²) < 4.78 is 5.19. The molecule has 0 saturated heterocycles. The van der Waals surface area contributed by atoms with Gasteiger partial charge in [-0.2, -0.15) is 0 Å². The van der Waals surface area contributed by atoms with E-state index in [1.54, 1.807) is 7.11 Å². The highest BCUT2D eigenvalue weighted by atomic mass is 16.5. The normalized spacial score (nSPS) is 19.2. The molecule has 0 radical (unpaired) electrons. The Morgan fingerprint density at radius 1 is 1.44 bits per heavy atom. The molecule has 0 amide bonds. The van der Waals surface area contributed by atoms with E-state index in [-0.39, 0.29) is 0 Å². The summed E-state index contributed by atoms with van der Waals surface area (Å²) in [7, 11) is 1.67. The molecule has 1 saturated carbocycles. The molecule has 88 valence electrons. The Balaban J connectivity index is 2.38. The van der Waals surface area contributed by atoms with Crippen molar-refractivity contribution in [3.63, 3.8) is 0 Å². The lowest BCUT2D eigenvalue weighted by Gasteiger charge is -2.29. The van der Waals surface area contributed by atoms with E-state index >= 15 is 0 Å². The van der Waals surface area contributed by atoms with Gasteiger partial charge < -0.3 is 9.84 Å². The zero-order valence-electron chi connectivity index (χ0n) is 10.3. The number of hydrogen-bond donors (Lipinski definition) is 1. The summed E-state index contributed by atoms with van der Waals surface area (Å²) in [6.45, 7) is 4.10. The highest BCUT2D eigenvalue weighted by molar-refractivity contribution is 5.39. The maximum absolute atomic E-state index is 10.7. The SMILES string of the molecule is CCC(O)(c1ccc(OC)cc1C)C1CC1. The van der Waals surface area contributed by atoms with Crippen LogP contribution in [0.1, 0.15) is 37.3 Å². The Morgan fingerprint density at radius 3 is 2.56 bits per heavy atom. The van der Waals surface area contributed by atoms with Crippen LogP contribution in [0.25, 0.3) is 0 Å². The fraction of sp³-hybridized carbons (Fsp3) is 0.571. The average Bonchev–Trinajstić information content (AvgIpc) is 3.12. The maximum Gasteiger partial charge on any atom is 0.119 e. The summed E-state index contributed by atoms with van der Waals surface area (Å²) in [5.74, 6) is 1.31. The van der Waals surface area contributed by atoms with Gasteiger partial charge in [0.05, 0.1) is 12.7 Å². The summed E-state index contributed by atoms with van der Waals surface area (Å²) in [6, 6.07) is 5.94. The maximum atomic E-state index is 10.7. The van der Waals surface area contributed by atoms with Gasteiger partial charge in [-0.1, -0.05) is 13.0 Å². The number of hydrogen-bond acceptors (Lipinski definition) is 2. The minimum atomic E-state index is -0.629. The van der Waals surface area contributed by atoms with Crippen molar-refractivity contribution in [1.82, 2.24) is 0 Å². The molecule has 1 unspecified atom stereocenters. The predicted molar refractivity (Wildman–Crippen MR) is 64.6 cm³/mol.